The first-order valence-electron chi connectivity index (χ1n) is 8.53. The van der Waals surface area contributed by atoms with Crippen LogP contribution in [0.3, 0.4) is 0 Å². The molecule has 1 aliphatic rings. The van der Waals surface area contributed by atoms with E-state index in [2.05, 4.69) is 37.4 Å². The van der Waals surface area contributed by atoms with Crippen molar-refractivity contribution in [2.45, 2.75) is 64.2 Å². The number of carboxylic acids is 1. The van der Waals surface area contributed by atoms with Gasteiger partial charge in [0.1, 0.15) is 0 Å². The zero-order valence-corrected chi connectivity index (χ0v) is 14.2. The van der Waals surface area contributed by atoms with Gasteiger partial charge in [-0.1, -0.05) is 42.2 Å². The molecule has 0 heterocycles. The van der Waals surface area contributed by atoms with E-state index in [0.717, 1.165) is 44.1 Å². The fourth-order valence-corrected chi connectivity index (χ4v) is 3.15. The third-order valence-electron chi connectivity index (χ3n) is 4.56. The highest BCUT2D eigenvalue weighted by Gasteiger charge is 2.51. The van der Waals surface area contributed by atoms with Gasteiger partial charge in [-0.25, -0.2) is 0 Å². The van der Waals surface area contributed by atoms with Crippen LogP contribution in [0, 0.1) is 13.8 Å². The molecule has 0 bridgehead atoms. The molecular formula is C19H27NO3. The van der Waals surface area contributed by atoms with E-state index in [4.69, 9.17) is 5.11 Å². The largest absolute Gasteiger partial charge is 0.481 e. The van der Waals surface area contributed by atoms with Crippen molar-refractivity contribution in [2.75, 3.05) is 6.54 Å². The minimum absolute atomic E-state index is 0.146. The number of carbonyl (C=O) groups is 2. The zero-order chi connectivity index (χ0) is 16.9. The van der Waals surface area contributed by atoms with E-state index >= 15 is 0 Å². The summed E-state index contributed by atoms with van der Waals surface area (Å²) in [6.07, 6.45) is 5.60. The minimum atomic E-state index is -0.734. The van der Waals surface area contributed by atoms with Crippen LogP contribution in [0.1, 0.15) is 61.6 Å². The summed E-state index contributed by atoms with van der Waals surface area (Å²) in [6.45, 7) is 4.82. The SMILES string of the molecule is Cc1cc(C)cc(C2(C(=O)NCCCCCCC(=O)O)CC2)c1. The molecule has 1 amide bonds. The predicted octanol–water partition coefficient (Wildman–Crippen LogP) is 3.49. The lowest BCUT2D eigenvalue weighted by Gasteiger charge is -2.17. The quantitative estimate of drug-likeness (QED) is 0.685. The number of aryl methyl sites for hydroxylation is 2. The Kier molecular flexibility index (Phi) is 5.80. The molecule has 1 saturated carbocycles. The first kappa shape index (κ1) is 17.5. The maximum atomic E-state index is 12.5. The average Bonchev–Trinajstić information content (AvgIpc) is 3.26. The fourth-order valence-electron chi connectivity index (χ4n) is 3.15. The Morgan fingerprint density at radius 3 is 2.22 bits per heavy atom. The smallest absolute Gasteiger partial charge is 0.303 e. The number of rotatable bonds is 9. The van der Waals surface area contributed by atoms with Crippen molar-refractivity contribution in [1.82, 2.24) is 5.32 Å². The molecule has 4 nitrogen and oxygen atoms in total. The van der Waals surface area contributed by atoms with Crippen LogP contribution in [0.25, 0.3) is 0 Å². The van der Waals surface area contributed by atoms with E-state index < -0.39 is 5.97 Å². The third-order valence-corrected chi connectivity index (χ3v) is 4.56. The number of carboxylic acid groups (broad SMARTS) is 1. The summed E-state index contributed by atoms with van der Waals surface area (Å²) in [5.41, 5.74) is 3.25. The minimum Gasteiger partial charge on any atom is -0.481 e. The Morgan fingerprint density at radius 1 is 1.04 bits per heavy atom. The first-order valence-corrected chi connectivity index (χ1v) is 8.53. The summed E-state index contributed by atoms with van der Waals surface area (Å²) < 4.78 is 0. The Labute approximate surface area is 138 Å². The van der Waals surface area contributed by atoms with Gasteiger partial charge in [0.15, 0.2) is 0 Å². The van der Waals surface area contributed by atoms with Crippen LogP contribution in [0.2, 0.25) is 0 Å². The van der Waals surface area contributed by atoms with E-state index in [0.29, 0.717) is 6.54 Å². The van der Waals surface area contributed by atoms with Crippen molar-refractivity contribution < 1.29 is 14.7 Å². The molecule has 0 aliphatic heterocycles. The van der Waals surface area contributed by atoms with Gasteiger partial charge in [0.05, 0.1) is 5.41 Å². The van der Waals surface area contributed by atoms with Crippen molar-refractivity contribution >= 4 is 11.9 Å². The normalized spacial score (nSPS) is 15.2. The summed E-state index contributed by atoms with van der Waals surface area (Å²) in [7, 11) is 0. The van der Waals surface area contributed by atoms with Gasteiger partial charge in [0, 0.05) is 13.0 Å². The van der Waals surface area contributed by atoms with Crippen molar-refractivity contribution in [3.63, 3.8) is 0 Å². The molecule has 0 unspecified atom stereocenters. The number of hydrogen-bond acceptors (Lipinski definition) is 2. The second kappa shape index (κ2) is 7.62. The Hall–Kier alpha value is -1.84. The van der Waals surface area contributed by atoms with Gasteiger partial charge in [0.2, 0.25) is 5.91 Å². The Bertz CT molecular complexity index is 556. The van der Waals surface area contributed by atoms with Crippen molar-refractivity contribution in [3.8, 4) is 0 Å². The van der Waals surface area contributed by atoms with Gasteiger partial charge in [-0.3, -0.25) is 9.59 Å². The number of carbonyl (C=O) groups excluding carboxylic acids is 1. The van der Waals surface area contributed by atoms with E-state index in [1.165, 1.54) is 11.1 Å². The molecule has 1 fully saturated rings. The van der Waals surface area contributed by atoms with Gasteiger partial charge in [-0.2, -0.15) is 0 Å². The second-order valence-corrected chi connectivity index (χ2v) is 6.77. The average molecular weight is 317 g/mol. The topological polar surface area (TPSA) is 66.4 Å². The van der Waals surface area contributed by atoms with E-state index in [-0.39, 0.29) is 17.7 Å². The van der Waals surface area contributed by atoms with Gasteiger partial charge >= 0.3 is 5.97 Å². The monoisotopic (exact) mass is 317 g/mol. The van der Waals surface area contributed by atoms with Gasteiger partial charge in [-0.15, -0.1) is 0 Å². The number of unbranched alkanes of at least 4 members (excludes halogenated alkanes) is 3. The summed E-state index contributed by atoms with van der Waals surface area (Å²) in [5, 5.41) is 11.6. The van der Waals surface area contributed by atoms with E-state index in [1.54, 1.807) is 0 Å². The van der Waals surface area contributed by atoms with Crippen LogP contribution in [0.5, 0.6) is 0 Å². The number of benzene rings is 1. The summed E-state index contributed by atoms with van der Waals surface area (Å²) in [6, 6.07) is 6.39. The maximum absolute atomic E-state index is 12.5. The van der Waals surface area contributed by atoms with Gasteiger partial charge in [-0.05, 0) is 45.1 Å². The van der Waals surface area contributed by atoms with Gasteiger partial charge in [0.25, 0.3) is 0 Å². The van der Waals surface area contributed by atoms with Crippen LogP contribution in [0.15, 0.2) is 18.2 Å². The van der Waals surface area contributed by atoms with Crippen LogP contribution >= 0.6 is 0 Å². The molecule has 23 heavy (non-hydrogen) atoms. The first-order chi connectivity index (χ1) is 10.9. The van der Waals surface area contributed by atoms with Crippen molar-refractivity contribution in [1.29, 1.82) is 0 Å². The summed E-state index contributed by atoms with van der Waals surface area (Å²) >= 11 is 0. The number of nitrogens with one attached hydrogen (secondary N) is 1. The van der Waals surface area contributed by atoms with Crippen LogP contribution < -0.4 is 5.32 Å². The maximum Gasteiger partial charge on any atom is 0.303 e. The summed E-state index contributed by atoms with van der Waals surface area (Å²) in [4.78, 5) is 23.0. The zero-order valence-electron chi connectivity index (χ0n) is 14.2. The van der Waals surface area contributed by atoms with Crippen molar-refractivity contribution in [2.24, 2.45) is 0 Å². The molecule has 0 saturated heterocycles. The van der Waals surface area contributed by atoms with Crippen LogP contribution in [-0.2, 0) is 15.0 Å². The molecule has 0 spiro atoms. The van der Waals surface area contributed by atoms with Crippen LogP contribution in [-0.4, -0.2) is 23.5 Å². The summed E-state index contributed by atoms with van der Waals surface area (Å²) in [5.74, 6) is -0.588. The highest BCUT2D eigenvalue weighted by Crippen LogP contribution is 2.48. The van der Waals surface area contributed by atoms with E-state index in [9.17, 15) is 9.59 Å². The molecule has 1 aromatic carbocycles. The lowest BCUT2D eigenvalue weighted by atomic mass is 9.92. The Balaban J connectivity index is 1.76. The molecule has 0 radical (unpaired) electrons. The fraction of sp³-hybridized carbons (Fsp3) is 0.579. The third kappa shape index (κ3) is 4.81. The molecule has 126 valence electrons. The number of hydrogen-bond donors (Lipinski definition) is 2. The molecule has 2 rings (SSSR count). The van der Waals surface area contributed by atoms with Crippen LogP contribution in [0.4, 0.5) is 0 Å². The Morgan fingerprint density at radius 2 is 1.65 bits per heavy atom. The molecule has 2 N–H and O–H groups in total. The standard InChI is InChI=1S/C19H27NO3/c1-14-11-15(2)13-16(12-14)19(8-9-19)18(23)20-10-6-4-3-5-7-17(21)22/h11-13H,3-10H2,1-2H3,(H,20,23)(H,21,22). The lowest BCUT2D eigenvalue weighted by Crippen LogP contribution is -2.35. The van der Waals surface area contributed by atoms with Gasteiger partial charge < -0.3 is 10.4 Å². The molecular weight excluding hydrogens is 290 g/mol. The van der Waals surface area contributed by atoms with Crippen molar-refractivity contribution in [3.05, 3.63) is 34.9 Å². The molecule has 0 aromatic heterocycles. The highest BCUT2D eigenvalue weighted by atomic mass is 16.4. The molecule has 1 aromatic rings. The lowest BCUT2D eigenvalue weighted by molar-refractivity contribution is -0.137. The molecule has 1 aliphatic carbocycles. The highest BCUT2D eigenvalue weighted by molar-refractivity contribution is 5.91. The molecule has 0 atom stereocenters. The second-order valence-electron chi connectivity index (χ2n) is 6.77. The number of amides is 1. The molecule has 4 heteroatoms. The van der Waals surface area contributed by atoms with E-state index in [1.807, 2.05) is 0 Å². The number of aliphatic carboxylic acids is 1. The predicted molar refractivity (Wildman–Crippen MR) is 90.6 cm³/mol.